The summed E-state index contributed by atoms with van der Waals surface area (Å²) in [6.07, 6.45) is 2.34. The third kappa shape index (κ3) is 2.47. The summed E-state index contributed by atoms with van der Waals surface area (Å²) in [5.41, 5.74) is 0.945. The van der Waals surface area contributed by atoms with Crippen LogP contribution in [0.5, 0.6) is 0 Å². The smallest absolute Gasteiger partial charge is 0.274 e. The maximum atomic E-state index is 13.0. The highest BCUT2D eigenvalue weighted by molar-refractivity contribution is 5.94. The van der Waals surface area contributed by atoms with Crippen LogP contribution in [0.1, 0.15) is 36.0 Å². The van der Waals surface area contributed by atoms with Crippen molar-refractivity contribution in [3.63, 3.8) is 0 Å². The molecule has 2 aliphatic rings. The Kier molecular flexibility index (Phi) is 3.30. The lowest BCUT2D eigenvalue weighted by molar-refractivity contribution is -0.0549. The topological polar surface area (TPSA) is 71.4 Å². The Morgan fingerprint density at radius 3 is 2.96 bits per heavy atom. The summed E-state index contributed by atoms with van der Waals surface area (Å²) in [7, 11) is 0. The van der Waals surface area contributed by atoms with E-state index in [0.717, 1.165) is 11.5 Å². The van der Waals surface area contributed by atoms with Crippen LogP contribution in [0, 0.1) is 12.8 Å². The molecule has 1 N–H and O–H groups in total. The number of H-pyrrole nitrogens is 1. The van der Waals surface area contributed by atoms with Crippen molar-refractivity contribution in [3.8, 4) is 11.5 Å². The Hall–Kier alpha value is -2.08. The molecular weight excluding hydrogens is 294 g/mol. The monoisotopic (exact) mass is 315 g/mol. The van der Waals surface area contributed by atoms with Crippen LogP contribution in [0.2, 0.25) is 0 Å². The summed E-state index contributed by atoms with van der Waals surface area (Å²) in [6, 6.07) is 5.54. The quantitative estimate of drug-likeness (QED) is 0.945. The van der Waals surface area contributed by atoms with Crippen molar-refractivity contribution in [1.82, 2.24) is 15.1 Å². The van der Waals surface area contributed by atoms with Gasteiger partial charge in [-0.3, -0.25) is 9.89 Å². The van der Waals surface area contributed by atoms with Gasteiger partial charge in [0.25, 0.3) is 5.91 Å². The molecule has 4 rings (SSSR count). The molecule has 1 atom stereocenters. The summed E-state index contributed by atoms with van der Waals surface area (Å²) in [6.45, 7) is 5.83. The minimum Gasteiger partial charge on any atom is -0.460 e. The van der Waals surface area contributed by atoms with Crippen LogP contribution in [0.25, 0.3) is 11.5 Å². The van der Waals surface area contributed by atoms with Crippen molar-refractivity contribution in [2.75, 3.05) is 19.8 Å². The molecule has 2 aromatic heterocycles. The molecule has 6 nitrogen and oxygen atoms in total. The SMILES string of the molecule is Cc1ccc(-c2cc(C(=O)N3CCOCC3(C)C3CC3)n[nH]2)o1. The molecule has 1 amide bonds. The molecule has 0 aromatic carbocycles. The van der Waals surface area contributed by atoms with Gasteiger partial charge in [-0.25, -0.2) is 0 Å². The van der Waals surface area contributed by atoms with Crippen molar-refractivity contribution in [3.05, 3.63) is 29.7 Å². The largest absolute Gasteiger partial charge is 0.460 e. The molecule has 6 heteroatoms. The number of nitrogens with zero attached hydrogens (tertiary/aromatic N) is 2. The molecule has 0 bridgehead atoms. The number of aryl methyl sites for hydroxylation is 1. The van der Waals surface area contributed by atoms with Crippen molar-refractivity contribution in [2.24, 2.45) is 5.92 Å². The zero-order chi connectivity index (χ0) is 16.0. The van der Waals surface area contributed by atoms with Gasteiger partial charge in [0.05, 0.1) is 18.8 Å². The number of morpholine rings is 1. The van der Waals surface area contributed by atoms with E-state index in [9.17, 15) is 4.79 Å². The van der Waals surface area contributed by atoms with Crippen LogP contribution in [0.15, 0.2) is 22.6 Å². The number of furan rings is 1. The summed E-state index contributed by atoms with van der Waals surface area (Å²) in [5.74, 6) is 2.03. The van der Waals surface area contributed by atoms with E-state index in [0.29, 0.717) is 37.1 Å². The van der Waals surface area contributed by atoms with Gasteiger partial charge >= 0.3 is 0 Å². The Bertz CT molecular complexity index is 731. The molecule has 1 aliphatic heterocycles. The fourth-order valence-corrected chi connectivity index (χ4v) is 3.42. The van der Waals surface area contributed by atoms with E-state index in [4.69, 9.17) is 9.15 Å². The first-order valence-electron chi connectivity index (χ1n) is 8.10. The number of carbonyl (C=O) groups is 1. The van der Waals surface area contributed by atoms with Crippen LogP contribution in [-0.2, 0) is 4.74 Å². The minimum atomic E-state index is -0.213. The molecule has 1 saturated carbocycles. The highest BCUT2D eigenvalue weighted by atomic mass is 16.5. The van der Waals surface area contributed by atoms with E-state index in [-0.39, 0.29) is 11.4 Å². The van der Waals surface area contributed by atoms with Crippen molar-refractivity contribution in [1.29, 1.82) is 0 Å². The van der Waals surface area contributed by atoms with Crippen molar-refractivity contribution < 1.29 is 13.9 Å². The molecule has 0 radical (unpaired) electrons. The van der Waals surface area contributed by atoms with Gasteiger partial charge in [-0.05, 0) is 44.7 Å². The number of nitrogens with one attached hydrogen (secondary N) is 1. The first-order chi connectivity index (χ1) is 11.1. The molecule has 2 aromatic rings. The Morgan fingerprint density at radius 2 is 2.26 bits per heavy atom. The Morgan fingerprint density at radius 1 is 1.43 bits per heavy atom. The molecule has 3 heterocycles. The molecule has 122 valence electrons. The molecule has 1 saturated heterocycles. The molecule has 1 aliphatic carbocycles. The Labute approximate surface area is 134 Å². The van der Waals surface area contributed by atoms with Crippen LogP contribution in [0.4, 0.5) is 0 Å². The lowest BCUT2D eigenvalue weighted by Crippen LogP contribution is -2.58. The second-order valence-electron chi connectivity index (χ2n) is 6.72. The fraction of sp³-hybridized carbons (Fsp3) is 0.529. The lowest BCUT2D eigenvalue weighted by atomic mass is 9.92. The summed E-state index contributed by atoms with van der Waals surface area (Å²) >= 11 is 0. The number of hydrogen-bond acceptors (Lipinski definition) is 4. The molecule has 0 spiro atoms. The van der Waals surface area contributed by atoms with Gasteiger partial charge in [0.2, 0.25) is 0 Å². The van der Waals surface area contributed by atoms with E-state index in [1.165, 1.54) is 12.8 Å². The van der Waals surface area contributed by atoms with E-state index in [1.807, 2.05) is 24.0 Å². The molecule has 23 heavy (non-hydrogen) atoms. The summed E-state index contributed by atoms with van der Waals surface area (Å²) < 4.78 is 11.2. The first-order valence-corrected chi connectivity index (χ1v) is 8.10. The van der Waals surface area contributed by atoms with Crippen molar-refractivity contribution in [2.45, 2.75) is 32.2 Å². The Balaban J connectivity index is 1.60. The second kappa shape index (κ2) is 5.23. The number of hydrogen-bond donors (Lipinski definition) is 1. The van der Waals surface area contributed by atoms with Gasteiger partial charge in [-0.1, -0.05) is 0 Å². The van der Waals surface area contributed by atoms with E-state index >= 15 is 0 Å². The van der Waals surface area contributed by atoms with Gasteiger partial charge in [-0.15, -0.1) is 0 Å². The summed E-state index contributed by atoms with van der Waals surface area (Å²) in [4.78, 5) is 14.9. The third-order valence-corrected chi connectivity index (χ3v) is 4.97. The maximum Gasteiger partial charge on any atom is 0.274 e. The second-order valence-corrected chi connectivity index (χ2v) is 6.72. The highest BCUT2D eigenvalue weighted by Crippen LogP contribution is 2.44. The van der Waals surface area contributed by atoms with Crippen LogP contribution >= 0.6 is 0 Å². The normalized spacial score (nSPS) is 24.9. The zero-order valence-electron chi connectivity index (χ0n) is 13.5. The van der Waals surface area contributed by atoms with E-state index in [2.05, 4.69) is 17.1 Å². The number of amides is 1. The van der Waals surface area contributed by atoms with Gasteiger partial charge in [0, 0.05) is 12.6 Å². The van der Waals surface area contributed by atoms with Gasteiger partial charge in [-0.2, -0.15) is 5.10 Å². The maximum absolute atomic E-state index is 13.0. The van der Waals surface area contributed by atoms with Crippen molar-refractivity contribution >= 4 is 5.91 Å². The lowest BCUT2D eigenvalue weighted by Gasteiger charge is -2.44. The molecular formula is C17H21N3O3. The molecule has 1 unspecified atom stereocenters. The number of aromatic nitrogens is 2. The number of carbonyl (C=O) groups excluding carboxylic acids is 1. The zero-order valence-corrected chi connectivity index (χ0v) is 13.5. The van der Waals surface area contributed by atoms with Gasteiger partial charge in [0.15, 0.2) is 11.5 Å². The number of aromatic amines is 1. The first kappa shape index (κ1) is 14.5. The number of rotatable bonds is 3. The highest BCUT2D eigenvalue weighted by Gasteiger charge is 2.49. The predicted molar refractivity (Wildman–Crippen MR) is 84.0 cm³/mol. The third-order valence-electron chi connectivity index (χ3n) is 4.97. The molecule has 2 fully saturated rings. The average Bonchev–Trinajstić information content (AvgIpc) is 3.14. The van der Waals surface area contributed by atoms with Crippen LogP contribution < -0.4 is 0 Å². The average molecular weight is 315 g/mol. The standard InChI is InChI=1S/C17H21N3O3/c1-11-3-6-15(23-11)13-9-14(19-18-13)16(21)20-7-8-22-10-17(20,2)12-4-5-12/h3,6,9,12H,4-5,7-8,10H2,1-2H3,(H,18,19). The van der Waals surface area contributed by atoms with Crippen LogP contribution in [-0.4, -0.2) is 46.3 Å². The van der Waals surface area contributed by atoms with E-state index < -0.39 is 0 Å². The van der Waals surface area contributed by atoms with Crippen LogP contribution in [0.3, 0.4) is 0 Å². The fourth-order valence-electron chi connectivity index (χ4n) is 3.42. The van der Waals surface area contributed by atoms with Gasteiger partial charge in [0.1, 0.15) is 11.5 Å². The predicted octanol–water partition coefficient (Wildman–Crippen LogP) is 2.62. The number of ether oxygens (including phenoxy) is 1. The van der Waals surface area contributed by atoms with Gasteiger partial charge < -0.3 is 14.1 Å². The van der Waals surface area contributed by atoms with E-state index in [1.54, 1.807) is 6.07 Å². The minimum absolute atomic E-state index is 0.0338. The summed E-state index contributed by atoms with van der Waals surface area (Å²) in [5, 5.41) is 7.11.